The van der Waals surface area contributed by atoms with E-state index in [2.05, 4.69) is 22.5 Å². The van der Waals surface area contributed by atoms with Crippen molar-refractivity contribution >= 4 is 39.5 Å². The summed E-state index contributed by atoms with van der Waals surface area (Å²) in [4.78, 5) is 12.3. The van der Waals surface area contributed by atoms with Crippen LogP contribution in [0.2, 0.25) is 0 Å². The van der Waals surface area contributed by atoms with Crippen molar-refractivity contribution in [2.45, 2.75) is 12.6 Å². The summed E-state index contributed by atoms with van der Waals surface area (Å²) in [5, 5.41) is 1.43. The van der Waals surface area contributed by atoms with E-state index in [4.69, 9.17) is 0 Å². The van der Waals surface area contributed by atoms with Crippen LogP contribution in [0.15, 0.2) is 102 Å². The fourth-order valence-electron chi connectivity index (χ4n) is 3.21. The highest BCUT2D eigenvalue weighted by molar-refractivity contribution is 9.10. The first-order valence-corrected chi connectivity index (χ1v) is 11.2. The minimum Gasteiger partial charge on any atom is -0.313 e. The third-order valence-corrected chi connectivity index (χ3v) is 8.61. The molecule has 0 aliphatic carbocycles. The van der Waals surface area contributed by atoms with Crippen LogP contribution in [0.5, 0.6) is 0 Å². The van der Waals surface area contributed by atoms with E-state index in [9.17, 15) is 9.36 Å². The van der Waals surface area contributed by atoms with Gasteiger partial charge in [-0.15, -0.1) is 0 Å². The van der Waals surface area contributed by atoms with E-state index in [-0.39, 0.29) is 5.78 Å². The summed E-state index contributed by atoms with van der Waals surface area (Å²) in [7, 11) is -3.22. The van der Waals surface area contributed by atoms with E-state index in [1.54, 1.807) is 0 Å². The van der Waals surface area contributed by atoms with Crippen molar-refractivity contribution in [1.82, 2.24) is 0 Å². The van der Waals surface area contributed by atoms with Crippen molar-refractivity contribution in [2.24, 2.45) is 0 Å². The van der Waals surface area contributed by atoms with Gasteiger partial charge in [0.15, 0.2) is 12.9 Å². The zero-order valence-corrected chi connectivity index (χ0v) is 17.5. The Kier molecular flexibility index (Phi) is 5.94. The molecule has 27 heavy (non-hydrogen) atoms. The maximum atomic E-state index is 14.7. The lowest BCUT2D eigenvalue weighted by Gasteiger charge is -2.30. The van der Waals surface area contributed by atoms with Crippen LogP contribution < -0.4 is 10.6 Å². The van der Waals surface area contributed by atoms with Crippen molar-refractivity contribution in [1.29, 1.82) is 0 Å². The lowest BCUT2D eigenvalue weighted by Crippen LogP contribution is -2.24. The molecule has 2 nitrogen and oxygen atoms in total. The number of halogens is 1. The molecule has 0 aromatic heterocycles. The molecule has 136 valence electrons. The monoisotopic (exact) mass is 438 g/mol. The van der Waals surface area contributed by atoms with Gasteiger partial charge in [0.25, 0.3) is 0 Å². The number of allylic oxidation sites excluding steroid dienone is 1. The summed E-state index contributed by atoms with van der Waals surface area (Å²) < 4.78 is 15.6. The van der Waals surface area contributed by atoms with Crippen LogP contribution in [0.25, 0.3) is 0 Å². The number of hydrogen-bond donors (Lipinski definition) is 0. The minimum atomic E-state index is -3.22. The zero-order chi connectivity index (χ0) is 19.4. The molecule has 0 saturated heterocycles. The number of hydrogen-bond acceptors (Lipinski definition) is 2. The second-order valence-electron chi connectivity index (χ2n) is 6.36. The molecule has 0 heterocycles. The van der Waals surface area contributed by atoms with Crippen molar-refractivity contribution in [2.75, 3.05) is 0 Å². The summed E-state index contributed by atoms with van der Waals surface area (Å²) in [6, 6.07) is 26.4. The van der Waals surface area contributed by atoms with E-state index in [0.29, 0.717) is 16.2 Å². The lowest BCUT2D eigenvalue weighted by atomic mass is 10.0. The van der Waals surface area contributed by atoms with Crippen LogP contribution in [0, 0.1) is 0 Å². The fraction of sp³-hybridized carbons (Fsp3) is 0.0870. The predicted octanol–water partition coefficient (Wildman–Crippen LogP) is 5.65. The van der Waals surface area contributed by atoms with Crippen molar-refractivity contribution < 1.29 is 9.36 Å². The van der Waals surface area contributed by atoms with Crippen molar-refractivity contribution in [3.63, 3.8) is 0 Å². The number of benzene rings is 3. The van der Waals surface area contributed by atoms with Gasteiger partial charge < -0.3 is 4.57 Å². The topological polar surface area (TPSA) is 34.1 Å². The van der Waals surface area contributed by atoms with Crippen LogP contribution >= 0.6 is 23.1 Å². The summed E-state index contributed by atoms with van der Waals surface area (Å²) >= 11 is 3.44. The van der Waals surface area contributed by atoms with Gasteiger partial charge in [0.1, 0.15) is 0 Å². The van der Waals surface area contributed by atoms with Gasteiger partial charge >= 0.3 is 0 Å². The Labute approximate surface area is 168 Å². The SMILES string of the molecule is C=C(C(C)=O)[C@H](c1ccc(Br)cc1)P(=O)(c1ccccc1)c1ccccc1. The van der Waals surface area contributed by atoms with E-state index < -0.39 is 12.8 Å². The lowest BCUT2D eigenvalue weighted by molar-refractivity contribution is -0.113. The van der Waals surface area contributed by atoms with E-state index >= 15 is 0 Å². The maximum Gasteiger partial charge on any atom is 0.156 e. The molecular formula is C23H20BrO2P. The molecule has 0 bridgehead atoms. The predicted molar refractivity (Wildman–Crippen MR) is 116 cm³/mol. The molecule has 0 saturated carbocycles. The molecule has 0 aliphatic heterocycles. The Hall–Kier alpha value is -2.22. The summed E-state index contributed by atoms with van der Waals surface area (Å²) in [6.45, 7) is 5.52. The largest absolute Gasteiger partial charge is 0.313 e. The van der Waals surface area contributed by atoms with Crippen LogP contribution in [0.4, 0.5) is 0 Å². The molecule has 3 aromatic carbocycles. The molecule has 0 amide bonds. The first kappa shape index (κ1) is 19.5. The summed E-state index contributed by atoms with van der Waals surface area (Å²) in [5.74, 6) is -0.157. The van der Waals surface area contributed by atoms with Gasteiger partial charge in [-0.2, -0.15) is 0 Å². The molecule has 0 unspecified atom stereocenters. The normalized spacial score (nSPS) is 12.4. The molecule has 0 aliphatic rings. The van der Waals surface area contributed by atoms with E-state index in [0.717, 1.165) is 10.0 Å². The number of carbonyl (C=O) groups excluding carboxylic acids is 1. The van der Waals surface area contributed by atoms with Crippen molar-refractivity contribution in [3.8, 4) is 0 Å². The van der Waals surface area contributed by atoms with Gasteiger partial charge in [0, 0.05) is 20.7 Å². The first-order valence-electron chi connectivity index (χ1n) is 8.60. The molecular weight excluding hydrogens is 419 g/mol. The third-order valence-electron chi connectivity index (χ3n) is 4.61. The molecule has 1 atom stereocenters. The molecule has 0 N–H and O–H groups in total. The van der Waals surface area contributed by atoms with Crippen LogP contribution in [-0.2, 0) is 9.36 Å². The van der Waals surface area contributed by atoms with Crippen molar-refractivity contribution in [3.05, 3.63) is 107 Å². The smallest absolute Gasteiger partial charge is 0.156 e. The van der Waals surface area contributed by atoms with Gasteiger partial charge in [-0.05, 0) is 24.6 Å². The van der Waals surface area contributed by atoms with E-state index in [1.807, 2.05) is 84.9 Å². The summed E-state index contributed by atoms with van der Waals surface area (Å²) in [5.41, 5.74) is 0.552. The van der Waals surface area contributed by atoms with Gasteiger partial charge in [-0.1, -0.05) is 95.3 Å². The second-order valence-corrected chi connectivity index (χ2v) is 10.1. The van der Waals surface area contributed by atoms with Crippen LogP contribution in [-0.4, -0.2) is 5.78 Å². The Morgan fingerprint density at radius 2 is 1.30 bits per heavy atom. The van der Waals surface area contributed by atoms with Crippen LogP contribution in [0.3, 0.4) is 0 Å². The van der Waals surface area contributed by atoms with E-state index in [1.165, 1.54) is 6.92 Å². The quantitative estimate of drug-likeness (QED) is 0.368. The maximum absolute atomic E-state index is 14.7. The minimum absolute atomic E-state index is 0.157. The Balaban J connectivity index is 2.32. The Bertz CT molecular complexity index is 952. The Morgan fingerprint density at radius 1 is 0.852 bits per heavy atom. The molecule has 3 aromatic rings. The zero-order valence-electron chi connectivity index (χ0n) is 15.0. The number of Topliss-reactive ketones (excluding diaryl/α,β-unsaturated/α-hetero) is 1. The third kappa shape index (κ3) is 3.90. The second kappa shape index (κ2) is 8.21. The average molecular weight is 439 g/mol. The first-order chi connectivity index (χ1) is 12.9. The summed E-state index contributed by atoms with van der Waals surface area (Å²) in [6.07, 6.45) is 0. The molecule has 0 spiro atoms. The highest BCUT2D eigenvalue weighted by atomic mass is 79.9. The van der Waals surface area contributed by atoms with Gasteiger partial charge in [-0.25, -0.2) is 0 Å². The van der Waals surface area contributed by atoms with Crippen LogP contribution in [0.1, 0.15) is 18.1 Å². The number of carbonyl (C=O) groups is 1. The number of rotatable bonds is 6. The Morgan fingerprint density at radius 3 is 1.70 bits per heavy atom. The molecule has 0 radical (unpaired) electrons. The molecule has 4 heteroatoms. The van der Waals surface area contributed by atoms with Gasteiger partial charge in [-0.3, -0.25) is 4.79 Å². The highest BCUT2D eigenvalue weighted by Crippen LogP contribution is 2.60. The highest BCUT2D eigenvalue weighted by Gasteiger charge is 2.40. The van der Waals surface area contributed by atoms with Gasteiger partial charge in [0.05, 0.1) is 5.66 Å². The standard InChI is InChI=1S/C23H20BrO2P/c1-17(18(2)25)23(19-13-15-20(24)16-14-19)27(26,21-9-5-3-6-10-21)22-11-7-4-8-12-22/h3-16,23H,1H2,2H3/t23-/m1/s1. The van der Waals surface area contributed by atoms with Gasteiger partial charge in [0.2, 0.25) is 0 Å². The molecule has 0 fully saturated rings. The average Bonchev–Trinajstić information content (AvgIpc) is 2.70. The molecule has 3 rings (SSSR count). The fourth-order valence-corrected chi connectivity index (χ4v) is 6.82. The number of ketones is 1.